The van der Waals surface area contributed by atoms with Crippen LogP contribution in [-0.4, -0.2) is 22.9 Å². The summed E-state index contributed by atoms with van der Waals surface area (Å²) >= 11 is 1.74. The van der Waals surface area contributed by atoms with Gasteiger partial charge in [-0.3, -0.25) is 9.59 Å². The Morgan fingerprint density at radius 3 is 2.56 bits per heavy atom. The number of benzene rings is 1. The molecule has 0 aliphatic rings. The van der Waals surface area contributed by atoms with Gasteiger partial charge in [0.1, 0.15) is 0 Å². The minimum Gasteiger partial charge on any atom is -0.457 e. The van der Waals surface area contributed by atoms with E-state index in [-0.39, 0.29) is 24.8 Å². The van der Waals surface area contributed by atoms with Crippen molar-refractivity contribution in [3.05, 3.63) is 81.3 Å². The lowest BCUT2D eigenvalue weighted by molar-refractivity contribution is -0.141. The molecule has 0 unspecified atom stereocenters. The van der Waals surface area contributed by atoms with Gasteiger partial charge < -0.3 is 9.30 Å². The Kier molecular flexibility index (Phi) is 6.24. The molecule has 0 amide bonds. The topological polar surface area (TPSA) is 48.3 Å². The molecule has 2 aromatic heterocycles. The highest BCUT2D eigenvalue weighted by atomic mass is 32.1. The minimum atomic E-state index is -0.388. The van der Waals surface area contributed by atoms with Crippen LogP contribution in [0, 0.1) is 13.8 Å². The highest BCUT2D eigenvalue weighted by Gasteiger charge is 2.17. The molecule has 0 aliphatic carbocycles. The van der Waals surface area contributed by atoms with Crippen molar-refractivity contribution >= 4 is 23.1 Å². The summed E-state index contributed by atoms with van der Waals surface area (Å²) in [5.41, 5.74) is 3.48. The maximum Gasteiger partial charge on any atom is 0.310 e. The Hall–Kier alpha value is -2.66. The van der Waals surface area contributed by atoms with Gasteiger partial charge in [-0.1, -0.05) is 36.4 Å². The zero-order chi connectivity index (χ0) is 19.2. The molecule has 3 rings (SSSR count). The molecular formula is C22H23NO3S. The van der Waals surface area contributed by atoms with E-state index in [2.05, 4.69) is 16.0 Å². The number of hydrogen-bond acceptors (Lipinski definition) is 4. The summed E-state index contributed by atoms with van der Waals surface area (Å²) < 4.78 is 7.34. The monoisotopic (exact) mass is 381 g/mol. The number of nitrogens with zero attached hydrogens (tertiary/aromatic N) is 1. The van der Waals surface area contributed by atoms with Gasteiger partial charge in [-0.25, -0.2) is 0 Å². The number of hydrogen-bond donors (Lipinski definition) is 0. The summed E-state index contributed by atoms with van der Waals surface area (Å²) in [4.78, 5) is 25.8. The van der Waals surface area contributed by atoms with E-state index < -0.39 is 0 Å². The van der Waals surface area contributed by atoms with Gasteiger partial charge in [0.15, 0.2) is 6.61 Å². The van der Waals surface area contributed by atoms with Gasteiger partial charge in [0.25, 0.3) is 0 Å². The van der Waals surface area contributed by atoms with Crippen molar-refractivity contribution in [2.45, 2.75) is 33.2 Å². The highest BCUT2D eigenvalue weighted by molar-refractivity contribution is 7.09. The average Bonchev–Trinajstić information content (AvgIpc) is 3.27. The number of ketones is 1. The molecule has 0 N–H and O–H groups in total. The molecule has 0 atom stereocenters. The molecule has 27 heavy (non-hydrogen) atoms. The first-order chi connectivity index (χ1) is 13.0. The van der Waals surface area contributed by atoms with Crippen LogP contribution in [0.1, 0.15) is 32.2 Å². The van der Waals surface area contributed by atoms with Crippen LogP contribution < -0.4 is 0 Å². The Labute approximate surface area is 163 Å². The fraction of sp³-hybridized carbons (Fsp3) is 0.273. The summed E-state index contributed by atoms with van der Waals surface area (Å²) in [5, 5.41) is 2.07. The fourth-order valence-corrected chi connectivity index (χ4v) is 3.84. The molecule has 0 spiro atoms. The Balaban J connectivity index is 1.58. The molecule has 0 aliphatic heterocycles. The molecule has 5 heteroatoms. The van der Waals surface area contributed by atoms with Crippen molar-refractivity contribution in [2.75, 3.05) is 6.61 Å². The lowest BCUT2D eigenvalue weighted by Crippen LogP contribution is -2.16. The van der Waals surface area contributed by atoms with Gasteiger partial charge >= 0.3 is 5.97 Å². The van der Waals surface area contributed by atoms with Crippen molar-refractivity contribution in [2.24, 2.45) is 0 Å². The second-order valence-corrected chi connectivity index (χ2v) is 7.54. The van der Waals surface area contributed by atoms with E-state index in [0.717, 1.165) is 29.9 Å². The predicted molar refractivity (Wildman–Crippen MR) is 107 cm³/mol. The van der Waals surface area contributed by atoms with Crippen molar-refractivity contribution in [3.63, 3.8) is 0 Å². The number of esters is 1. The summed E-state index contributed by atoms with van der Waals surface area (Å²) in [6, 6.07) is 15.4. The molecule has 0 saturated carbocycles. The number of rotatable bonds is 8. The molecule has 140 valence electrons. The molecule has 0 fully saturated rings. The lowest BCUT2D eigenvalue weighted by Gasteiger charge is -2.09. The van der Waals surface area contributed by atoms with E-state index in [0.29, 0.717) is 5.56 Å². The van der Waals surface area contributed by atoms with E-state index in [1.165, 1.54) is 4.88 Å². The number of ether oxygens (including phenoxy) is 1. The van der Waals surface area contributed by atoms with Gasteiger partial charge in [-0.15, -0.1) is 11.3 Å². The SMILES string of the molecule is Cc1cc(C(=O)COC(=O)Cc2ccccc2)c(C)n1CCc1cccs1. The Morgan fingerprint density at radius 1 is 1.07 bits per heavy atom. The maximum absolute atomic E-state index is 12.5. The van der Waals surface area contributed by atoms with Crippen LogP contribution in [0.3, 0.4) is 0 Å². The Bertz CT molecular complexity index is 911. The summed E-state index contributed by atoms with van der Waals surface area (Å²) in [6.45, 7) is 4.56. The van der Waals surface area contributed by atoms with E-state index in [4.69, 9.17) is 4.74 Å². The number of thiophene rings is 1. The van der Waals surface area contributed by atoms with Crippen LogP contribution in [-0.2, 0) is 28.9 Å². The van der Waals surface area contributed by atoms with Crippen LogP contribution >= 0.6 is 11.3 Å². The second kappa shape index (κ2) is 8.82. The molecule has 0 radical (unpaired) electrons. The van der Waals surface area contributed by atoms with Crippen LogP contribution in [0.4, 0.5) is 0 Å². The molecule has 3 aromatic rings. The number of aromatic nitrogens is 1. The molecular weight excluding hydrogens is 358 g/mol. The molecule has 2 heterocycles. The average molecular weight is 381 g/mol. The van der Waals surface area contributed by atoms with Gasteiger partial charge in [-0.2, -0.15) is 0 Å². The number of aryl methyl sites for hydroxylation is 2. The largest absolute Gasteiger partial charge is 0.457 e. The van der Waals surface area contributed by atoms with Gasteiger partial charge in [-0.05, 0) is 43.3 Å². The quantitative estimate of drug-likeness (QED) is 0.430. The first-order valence-corrected chi connectivity index (χ1v) is 9.84. The maximum atomic E-state index is 12.5. The van der Waals surface area contributed by atoms with Crippen molar-refractivity contribution in [1.82, 2.24) is 4.57 Å². The van der Waals surface area contributed by atoms with E-state index >= 15 is 0 Å². The summed E-state index contributed by atoms with van der Waals surface area (Å²) in [6.07, 6.45) is 1.11. The standard InChI is InChI=1S/C22H23NO3S/c1-16-13-20(17(2)23(16)11-10-19-9-6-12-27-19)21(24)15-26-22(25)14-18-7-4-3-5-8-18/h3-9,12-13H,10-11,14-15H2,1-2H3. The van der Waals surface area contributed by atoms with Crippen LogP contribution in [0.15, 0.2) is 53.9 Å². The summed E-state index contributed by atoms with van der Waals surface area (Å²) in [7, 11) is 0. The van der Waals surface area contributed by atoms with Crippen molar-refractivity contribution in [3.8, 4) is 0 Å². The minimum absolute atomic E-state index is 0.160. The lowest BCUT2D eigenvalue weighted by atomic mass is 10.1. The predicted octanol–water partition coefficient (Wildman–Crippen LogP) is 4.38. The third-order valence-electron chi connectivity index (χ3n) is 4.59. The smallest absolute Gasteiger partial charge is 0.310 e. The number of Topliss-reactive ketones (excluding diaryl/α,β-unsaturated/α-hetero) is 1. The zero-order valence-electron chi connectivity index (χ0n) is 15.6. The van der Waals surface area contributed by atoms with E-state index in [9.17, 15) is 9.59 Å². The number of carbonyl (C=O) groups is 2. The third kappa shape index (κ3) is 4.95. The second-order valence-electron chi connectivity index (χ2n) is 6.51. The van der Waals surface area contributed by atoms with Gasteiger partial charge in [0, 0.05) is 28.4 Å². The van der Waals surface area contributed by atoms with Crippen molar-refractivity contribution in [1.29, 1.82) is 0 Å². The van der Waals surface area contributed by atoms with Gasteiger partial charge in [0.2, 0.25) is 5.78 Å². The third-order valence-corrected chi connectivity index (χ3v) is 5.53. The van der Waals surface area contributed by atoms with Crippen LogP contribution in [0.2, 0.25) is 0 Å². The van der Waals surface area contributed by atoms with E-state index in [1.54, 1.807) is 11.3 Å². The summed E-state index contributed by atoms with van der Waals surface area (Å²) in [5.74, 6) is -0.548. The Morgan fingerprint density at radius 2 is 1.85 bits per heavy atom. The number of carbonyl (C=O) groups excluding carboxylic acids is 2. The molecule has 1 aromatic carbocycles. The van der Waals surface area contributed by atoms with Crippen molar-refractivity contribution < 1.29 is 14.3 Å². The van der Waals surface area contributed by atoms with Crippen LogP contribution in [0.25, 0.3) is 0 Å². The van der Waals surface area contributed by atoms with E-state index in [1.807, 2.05) is 56.3 Å². The first-order valence-electron chi connectivity index (χ1n) is 8.96. The molecule has 0 bridgehead atoms. The normalized spacial score (nSPS) is 10.7. The first kappa shape index (κ1) is 19.1. The van der Waals surface area contributed by atoms with Crippen LogP contribution in [0.5, 0.6) is 0 Å². The zero-order valence-corrected chi connectivity index (χ0v) is 16.4. The highest BCUT2D eigenvalue weighted by Crippen LogP contribution is 2.18. The molecule has 4 nitrogen and oxygen atoms in total. The fourth-order valence-electron chi connectivity index (χ4n) is 3.14. The van der Waals surface area contributed by atoms with Gasteiger partial charge in [0.05, 0.1) is 6.42 Å². The molecule has 0 saturated heterocycles.